The summed E-state index contributed by atoms with van der Waals surface area (Å²) in [5, 5.41) is 22.7. The molecule has 0 amide bonds. The first-order valence-corrected chi connectivity index (χ1v) is 13.3. The summed E-state index contributed by atoms with van der Waals surface area (Å²) in [6.07, 6.45) is 5.41. The molecule has 0 radical (unpaired) electrons. The number of β-amino-alcohol motifs (C(OH)–C–C–N with tert-alkyl or cyclic N) is 1. The van der Waals surface area contributed by atoms with E-state index in [4.69, 9.17) is 4.74 Å². The zero-order valence-corrected chi connectivity index (χ0v) is 19.6. The number of fused-ring (bicyclic) bond motifs is 1. The fraction of sp³-hybridized carbons (Fsp3) is 0.586. The summed E-state index contributed by atoms with van der Waals surface area (Å²) in [5.74, 6) is 1.37. The highest BCUT2D eigenvalue weighted by atomic mass is 16.5. The second kappa shape index (κ2) is 6.85. The minimum atomic E-state index is -0.474. The lowest BCUT2D eigenvalue weighted by molar-refractivity contribution is -0.208. The number of rotatable bonds is 4. The minimum Gasteiger partial charge on any atom is -0.508 e. The number of aliphatic hydroxyl groups excluding tert-OH is 1. The number of aliphatic hydroxyl groups is 1. The fourth-order valence-corrected chi connectivity index (χ4v) is 9.17. The summed E-state index contributed by atoms with van der Waals surface area (Å²) < 4.78 is 7.27. The fourth-order valence-electron chi connectivity index (χ4n) is 9.17. The van der Waals surface area contributed by atoms with E-state index in [-0.39, 0.29) is 17.6 Å². The molecule has 5 heteroatoms. The van der Waals surface area contributed by atoms with Gasteiger partial charge in [0.05, 0.1) is 23.2 Å². The number of aromatic hydroxyl groups is 1. The van der Waals surface area contributed by atoms with Gasteiger partial charge in [-0.3, -0.25) is 9.80 Å². The molecule has 3 aliphatic carbocycles. The Labute approximate surface area is 201 Å². The van der Waals surface area contributed by atoms with Crippen molar-refractivity contribution in [3.05, 3.63) is 65.2 Å². The molecule has 0 aromatic heterocycles. The molecule has 6 aliphatic rings. The molecule has 8 rings (SSSR count). The summed E-state index contributed by atoms with van der Waals surface area (Å²) in [7, 11) is 0. The monoisotopic (exact) mass is 458 g/mol. The van der Waals surface area contributed by atoms with Crippen molar-refractivity contribution in [1.29, 1.82) is 0 Å². The van der Waals surface area contributed by atoms with Crippen molar-refractivity contribution in [2.24, 2.45) is 11.8 Å². The Kier molecular flexibility index (Phi) is 4.09. The van der Waals surface area contributed by atoms with Gasteiger partial charge in [0.25, 0.3) is 0 Å². The van der Waals surface area contributed by atoms with Gasteiger partial charge < -0.3 is 14.9 Å². The highest BCUT2D eigenvalue weighted by Crippen LogP contribution is 2.69. The van der Waals surface area contributed by atoms with Crippen molar-refractivity contribution in [2.75, 3.05) is 19.6 Å². The third-order valence-electron chi connectivity index (χ3n) is 10.4. The van der Waals surface area contributed by atoms with E-state index in [1.54, 1.807) is 0 Å². The van der Waals surface area contributed by atoms with Crippen LogP contribution in [0.3, 0.4) is 0 Å². The second-order valence-corrected chi connectivity index (χ2v) is 11.9. The predicted octanol–water partition coefficient (Wildman–Crippen LogP) is 3.07. The summed E-state index contributed by atoms with van der Waals surface area (Å²) in [6.45, 7) is 3.69. The van der Waals surface area contributed by atoms with Gasteiger partial charge >= 0.3 is 0 Å². The number of piperidine rings is 1. The highest BCUT2D eigenvalue weighted by Gasteiger charge is 2.80. The first kappa shape index (κ1) is 20.3. The van der Waals surface area contributed by atoms with Gasteiger partial charge in [-0.2, -0.15) is 0 Å². The van der Waals surface area contributed by atoms with Crippen LogP contribution in [-0.4, -0.2) is 69.5 Å². The van der Waals surface area contributed by atoms with E-state index in [1.165, 1.54) is 29.5 Å². The quantitative estimate of drug-likeness (QED) is 0.738. The van der Waals surface area contributed by atoms with Gasteiger partial charge in [-0.15, -0.1) is 0 Å². The molecule has 7 atom stereocenters. The van der Waals surface area contributed by atoms with Crippen molar-refractivity contribution >= 4 is 0 Å². The van der Waals surface area contributed by atoms with Crippen LogP contribution in [0.15, 0.2) is 48.5 Å². The second-order valence-electron chi connectivity index (χ2n) is 11.9. The van der Waals surface area contributed by atoms with Crippen LogP contribution in [0.2, 0.25) is 0 Å². The first-order chi connectivity index (χ1) is 16.6. The van der Waals surface area contributed by atoms with E-state index in [1.807, 2.05) is 12.1 Å². The topological polar surface area (TPSA) is 56.2 Å². The molecule has 2 aromatic carbocycles. The molecule has 2 saturated carbocycles. The lowest BCUT2D eigenvalue weighted by atomic mass is 9.45. The molecule has 0 unspecified atom stereocenters. The lowest BCUT2D eigenvalue weighted by Crippen LogP contribution is -2.79. The number of ether oxygens (including phenoxy) is 1. The van der Waals surface area contributed by atoms with E-state index in [0.717, 1.165) is 51.4 Å². The Morgan fingerprint density at radius 1 is 1.00 bits per heavy atom. The molecule has 3 saturated heterocycles. The largest absolute Gasteiger partial charge is 0.508 e. The third kappa shape index (κ3) is 2.44. The smallest absolute Gasteiger partial charge is 0.115 e. The number of phenols is 1. The average molecular weight is 459 g/mol. The lowest BCUT2D eigenvalue weighted by Gasteiger charge is -2.66. The minimum absolute atomic E-state index is 0.141. The summed E-state index contributed by atoms with van der Waals surface area (Å²) in [5.41, 5.74) is 3.07. The standard InChI is InChI=1S/C29H34N2O3/c32-21-9-8-20-12-25-28-11-10-23-27(24(34-28)16-30(23)14-18-4-2-1-3-5-18)29(28,22(20)13-21)26(33)17-31(25)15-19-6-7-19/h1-5,8-9,13,19,23-27,32-33H,6-7,10-12,14-17H2/t23-,24-,25-,26+,27+,28-,29+/m1/s1. The number of likely N-dealkylation sites (tertiary alicyclic amines) is 2. The maximum atomic E-state index is 12.1. The van der Waals surface area contributed by atoms with Crippen molar-refractivity contribution in [2.45, 2.75) is 74.0 Å². The molecule has 3 aliphatic heterocycles. The SMILES string of the molecule is Oc1ccc2c(c1)[C@]13[C@H]4[C@H]5CC[C@@]1(O[C@@H]4CN5Cc1ccccc1)[C@@H](C2)N(CC1CC1)C[C@@H]3O. The van der Waals surface area contributed by atoms with Crippen molar-refractivity contribution in [3.8, 4) is 5.75 Å². The van der Waals surface area contributed by atoms with Gasteiger partial charge in [0.1, 0.15) is 5.75 Å². The van der Waals surface area contributed by atoms with Crippen LogP contribution >= 0.6 is 0 Å². The van der Waals surface area contributed by atoms with E-state index < -0.39 is 11.5 Å². The predicted molar refractivity (Wildman–Crippen MR) is 129 cm³/mol. The summed E-state index contributed by atoms with van der Waals surface area (Å²) >= 11 is 0. The molecule has 4 bridgehead atoms. The first-order valence-electron chi connectivity index (χ1n) is 13.3. The average Bonchev–Trinajstić information content (AvgIpc) is 3.54. The van der Waals surface area contributed by atoms with Crippen LogP contribution in [0.1, 0.15) is 42.4 Å². The third-order valence-corrected chi connectivity index (χ3v) is 10.4. The molecular formula is C29H34N2O3. The van der Waals surface area contributed by atoms with Gasteiger partial charge in [-0.05, 0) is 66.8 Å². The highest BCUT2D eigenvalue weighted by molar-refractivity contribution is 5.53. The van der Waals surface area contributed by atoms with Gasteiger partial charge in [0.15, 0.2) is 0 Å². The van der Waals surface area contributed by atoms with Gasteiger partial charge in [0, 0.05) is 44.2 Å². The van der Waals surface area contributed by atoms with Crippen molar-refractivity contribution in [3.63, 3.8) is 0 Å². The van der Waals surface area contributed by atoms with E-state index >= 15 is 0 Å². The van der Waals surface area contributed by atoms with Crippen LogP contribution < -0.4 is 0 Å². The van der Waals surface area contributed by atoms with Crippen LogP contribution in [0, 0.1) is 11.8 Å². The molecule has 2 N–H and O–H groups in total. The Bertz CT molecular complexity index is 1140. The number of nitrogens with zero attached hydrogens (tertiary/aromatic N) is 2. The molecule has 5 nitrogen and oxygen atoms in total. The maximum Gasteiger partial charge on any atom is 0.115 e. The molecule has 3 heterocycles. The van der Waals surface area contributed by atoms with Gasteiger partial charge in [-0.25, -0.2) is 0 Å². The maximum absolute atomic E-state index is 12.1. The van der Waals surface area contributed by atoms with Crippen LogP contribution in [0.5, 0.6) is 5.75 Å². The molecule has 0 spiro atoms. The number of benzene rings is 2. The normalized spacial score (nSPS) is 42.4. The Balaban J connectivity index is 1.26. The van der Waals surface area contributed by atoms with Crippen LogP contribution in [0.25, 0.3) is 0 Å². The van der Waals surface area contributed by atoms with Gasteiger partial charge in [0.2, 0.25) is 0 Å². The Morgan fingerprint density at radius 2 is 1.85 bits per heavy atom. The summed E-state index contributed by atoms with van der Waals surface area (Å²) in [4.78, 5) is 5.22. The van der Waals surface area contributed by atoms with Crippen LogP contribution in [-0.2, 0) is 23.1 Å². The molecule has 34 heavy (non-hydrogen) atoms. The van der Waals surface area contributed by atoms with E-state index in [9.17, 15) is 10.2 Å². The van der Waals surface area contributed by atoms with E-state index in [0.29, 0.717) is 17.8 Å². The molecule has 178 valence electrons. The van der Waals surface area contributed by atoms with E-state index in [2.05, 4.69) is 46.2 Å². The van der Waals surface area contributed by atoms with Crippen LogP contribution in [0.4, 0.5) is 0 Å². The molecule has 2 aromatic rings. The Morgan fingerprint density at radius 3 is 2.68 bits per heavy atom. The molecular weight excluding hydrogens is 424 g/mol. The summed E-state index contributed by atoms with van der Waals surface area (Å²) in [6, 6.07) is 17.4. The number of hydrogen-bond donors (Lipinski definition) is 2. The van der Waals surface area contributed by atoms with Gasteiger partial charge in [-0.1, -0.05) is 36.4 Å². The zero-order chi connectivity index (χ0) is 22.7. The number of phenolic OH excluding ortho intramolecular Hbond substituents is 1. The van der Waals surface area contributed by atoms with Crippen molar-refractivity contribution < 1.29 is 14.9 Å². The molecule has 5 fully saturated rings. The number of hydrogen-bond acceptors (Lipinski definition) is 5. The zero-order valence-electron chi connectivity index (χ0n) is 19.6. The Hall–Kier alpha value is -1.92. The van der Waals surface area contributed by atoms with Crippen molar-refractivity contribution in [1.82, 2.24) is 9.80 Å².